The summed E-state index contributed by atoms with van der Waals surface area (Å²) in [7, 11) is 1.34. The molecule has 1 aromatic heterocycles. The second-order valence-electron chi connectivity index (χ2n) is 4.35. The fourth-order valence-electron chi connectivity index (χ4n) is 1.97. The maximum atomic E-state index is 13.1. The number of nitrogens with one attached hydrogen (secondary N) is 1. The molecule has 0 saturated carbocycles. The summed E-state index contributed by atoms with van der Waals surface area (Å²) in [5.41, 5.74) is -0.319. The molecule has 2 rings (SSSR count). The summed E-state index contributed by atoms with van der Waals surface area (Å²) < 4.78 is 31.1. The lowest BCUT2D eigenvalue weighted by molar-refractivity contribution is -0.119. The molecule has 108 valence electrons. The molecule has 1 N–H and O–H groups in total. The molecule has 0 bridgehead atoms. The second kappa shape index (κ2) is 6.30. The lowest BCUT2D eigenvalue weighted by atomic mass is 10.1. The Morgan fingerprint density at radius 1 is 1.50 bits per heavy atom. The summed E-state index contributed by atoms with van der Waals surface area (Å²) in [4.78, 5) is 16.0. The molecule has 1 aromatic rings. The van der Waals surface area contributed by atoms with Gasteiger partial charge >= 0.3 is 0 Å². The molecule has 0 aliphatic heterocycles. The third-order valence-corrected chi connectivity index (χ3v) is 3.63. The van der Waals surface area contributed by atoms with E-state index in [9.17, 15) is 13.6 Å². The Morgan fingerprint density at radius 3 is 2.70 bits per heavy atom. The molecule has 0 spiro atoms. The van der Waals surface area contributed by atoms with Gasteiger partial charge in [0.05, 0.1) is 12.8 Å². The summed E-state index contributed by atoms with van der Waals surface area (Å²) in [6, 6.07) is 1.12. The fourth-order valence-corrected chi connectivity index (χ4v) is 2.47. The van der Waals surface area contributed by atoms with Gasteiger partial charge < -0.3 is 10.1 Å². The smallest absolute Gasteiger partial charge is 0.266 e. The Morgan fingerprint density at radius 2 is 2.15 bits per heavy atom. The van der Waals surface area contributed by atoms with Crippen LogP contribution in [0.3, 0.4) is 0 Å². The first-order chi connectivity index (χ1) is 9.52. The molecule has 0 unspecified atom stereocenters. The Bertz CT molecular complexity index is 541. The van der Waals surface area contributed by atoms with Crippen molar-refractivity contribution in [1.82, 2.24) is 4.98 Å². The molecule has 0 aromatic carbocycles. The zero-order valence-corrected chi connectivity index (χ0v) is 12.3. The standard InChI is InChI=1S/C13H13BrF2N2O2/c1-20-9-6-8(12(15)16)10(11(14)17-9)18-13(19)7-4-2-3-5-7/h2-3,6-7,12H,4-5H2,1H3,(H,18,19). The summed E-state index contributed by atoms with van der Waals surface area (Å²) in [5, 5.41) is 2.53. The number of methoxy groups -OCH3 is 1. The van der Waals surface area contributed by atoms with Crippen molar-refractivity contribution in [3.63, 3.8) is 0 Å². The van der Waals surface area contributed by atoms with E-state index < -0.39 is 6.43 Å². The van der Waals surface area contributed by atoms with Crippen molar-refractivity contribution < 1.29 is 18.3 Å². The number of alkyl halides is 2. The van der Waals surface area contributed by atoms with Crippen LogP contribution in [0.2, 0.25) is 0 Å². The molecule has 4 nitrogen and oxygen atoms in total. The number of hydrogen-bond donors (Lipinski definition) is 1. The topological polar surface area (TPSA) is 51.2 Å². The number of carbonyl (C=O) groups excluding carboxylic acids is 1. The average Bonchev–Trinajstić information content (AvgIpc) is 2.94. The maximum absolute atomic E-state index is 13.1. The maximum Gasteiger partial charge on any atom is 0.266 e. The van der Waals surface area contributed by atoms with Gasteiger partial charge in [-0.1, -0.05) is 12.2 Å². The number of pyridine rings is 1. The number of ether oxygens (including phenoxy) is 1. The highest BCUT2D eigenvalue weighted by Gasteiger charge is 2.24. The van der Waals surface area contributed by atoms with Crippen LogP contribution in [0.15, 0.2) is 22.8 Å². The first kappa shape index (κ1) is 14.9. The number of rotatable bonds is 4. The van der Waals surface area contributed by atoms with Gasteiger partial charge in [0.15, 0.2) is 0 Å². The van der Waals surface area contributed by atoms with Crippen LogP contribution in [0.1, 0.15) is 24.8 Å². The van der Waals surface area contributed by atoms with Crippen LogP contribution in [0.5, 0.6) is 5.88 Å². The summed E-state index contributed by atoms with van der Waals surface area (Å²) in [5.74, 6) is -0.438. The Labute approximate surface area is 123 Å². The second-order valence-corrected chi connectivity index (χ2v) is 5.10. The van der Waals surface area contributed by atoms with Crippen molar-refractivity contribution in [2.24, 2.45) is 5.92 Å². The lowest BCUT2D eigenvalue weighted by Crippen LogP contribution is -2.22. The molecule has 7 heteroatoms. The van der Waals surface area contributed by atoms with Crippen LogP contribution >= 0.6 is 15.9 Å². The normalized spacial score (nSPS) is 14.8. The molecular formula is C13H13BrF2N2O2. The molecular weight excluding hydrogens is 334 g/mol. The highest BCUT2D eigenvalue weighted by atomic mass is 79.9. The molecule has 1 aliphatic carbocycles. The monoisotopic (exact) mass is 346 g/mol. The molecule has 0 fully saturated rings. The van der Waals surface area contributed by atoms with Gasteiger partial charge in [0, 0.05) is 17.5 Å². The van der Waals surface area contributed by atoms with Crippen LogP contribution in [-0.4, -0.2) is 18.0 Å². The molecule has 0 atom stereocenters. The number of nitrogens with zero attached hydrogens (tertiary/aromatic N) is 1. The van der Waals surface area contributed by atoms with Crippen molar-refractivity contribution in [3.8, 4) is 5.88 Å². The van der Waals surface area contributed by atoms with Gasteiger partial charge in [-0.05, 0) is 28.8 Å². The van der Waals surface area contributed by atoms with E-state index in [0.29, 0.717) is 12.8 Å². The number of aromatic nitrogens is 1. The van der Waals surface area contributed by atoms with E-state index in [0.717, 1.165) is 6.07 Å². The van der Waals surface area contributed by atoms with Crippen LogP contribution in [0.4, 0.5) is 14.5 Å². The van der Waals surface area contributed by atoms with Gasteiger partial charge in [-0.3, -0.25) is 4.79 Å². The fraction of sp³-hybridized carbons (Fsp3) is 0.385. The van der Waals surface area contributed by atoms with Gasteiger partial charge in [-0.2, -0.15) is 0 Å². The molecule has 0 radical (unpaired) electrons. The van der Waals surface area contributed by atoms with Crippen molar-refractivity contribution in [2.75, 3.05) is 12.4 Å². The largest absolute Gasteiger partial charge is 0.481 e. The van der Waals surface area contributed by atoms with Crippen LogP contribution in [-0.2, 0) is 4.79 Å². The van der Waals surface area contributed by atoms with Gasteiger partial charge in [-0.25, -0.2) is 13.8 Å². The van der Waals surface area contributed by atoms with Crippen molar-refractivity contribution >= 4 is 27.5 Å². The van der Waals surface area contributed by atoms with Crippen molar-refractivity contribution in [2.45, 2.75) is 19.3 Å². The van der Waals surface area contributed by atoms with E-state index in [-0.39, 0.29) is 33.6 Å². The zero-order valence-electron chi connectivity index (χ0n) is 10.7. The zero-order chi connectivity index (χ0) is 14.7. The van der Waals surface area contributed by atoms with E-state index in [1.807, 2.05) is 12.2 Å². The minimum atomic E-state index is -2.74. The third kappa shape index (κ3) is 3.15. The number of hydrogen-bond acceptors (Lipinski definition) is 3. The number of carbonyl (C=O) groups is 1. The molecule has 1 heterocycles. The first-order valence-corrected chi connectivity index (χ1v) is 6.80. The number of anilines is 1. The molecule has 1 aliphatic rings. The first-order valence-electron chi connectivity index (χ1n) is 6.01. The predicted molar refractivity (Wildman–Crippen MR) is 73.9 cm³/mol. The molecule has 1 amide bonds. The van der Waals surface area contributed by atoms with Crippen LogP contribution in [0.25, 0.3) is 0 Å². The highest BCUT2D eigenvalue weighted by molar-refractivity contribution is 9.10. The third-order valence-electron chi connectivity index (χ3n) is 3.05. The quantitative estimate of drug-likeness (QED) is 0.668. The predicted octanol–water partition coefficient (Wildman–Crippen LogP) is 3.70. The van der Waals surface area contributed by atoms with E-state index in [1.54, 1.807) is 0 Å². The summed E-state index contributed by atoms with van der Waals surface area (Å²) >= 11 is 3.09. The van der Waals surface area contributed by atoms with Crippen LogP contribution in [0, 0.1) is 5.92 Å². The van der Waals surface area contributed by atoms with Crippen molar-refractivity contribution in [1.29, 1.82) is 0 Å². The summed E-state index contributed by atoms with van der Waals surface area (Å²) in [6.07, 6.45) is 2.31. The van der Waals surface area contributed by atoms with E-state index in [2.05, 4.69) is 26.2 Å². The van der Waals surface area contributed by atoms with Gasteiger partial charge in [-0.15, -0.1) is 0 Å². The summed E-state index contributed by atoms with van der Waals surface area (Å²) in [6.45, 7) is 0. The highest BCUT2D eigenvalue weighted by Crippen LogP contribution is 2.35. The Kier molecular flexibility index (Phi) is 4.69. The number of amides is 1. The van der Waals surface area contributed by atoms with Gasteiger partial charge in [0.25, 0.3) is 6.43 Å². The van der Waals surface area contributed by atoms with E-state index in [1.165, 1.54) is 7.11 Å². The van der Waals surface area contributed by atoms with Gasteiger partial charge in [0.2, 0.25) is 11.8 Å². The minimum Gasteiger partial charge on any atom is -0.481 e. The average molecular weight is 347 g/mol. The minimum absolute atomic E-state index is 0.00213. The van der Waals surface area contributed by atoms with Gasteiger partial charge in [0.1, 0.15) is 4.60 Å². The molecule has 0 saturated heterocycles. The Balaban J connectivity index is 2.27. The van der Waals surface area contributed by atoms with Crippen LogP contribution < -0.4 is 10.1 Å². The SMILES string of the molecule is COc1cc(C(F)F)c(NC(=O)C2CC=CC2)c(Br)n1. The lowest BCUT2D eigenvalue weighted by Gasteiger charge is -2.15. The Hall–Kier alpha value is -1.50. The number of allylic oxidation sites excluding steroid dienone is 2. The number of halogens is 3. The van der Waals surface area contributed by atoms with Crippen molar-refractivity contribution in [3.05, 3.63) is 28.4 Å². The van der Waals surface area contributed by atoms with E-state index in [4.69, 9.17) is 4.74 Å². The van der Waals surface area contributed by atoms with E-state index >= 15 is 0 Å². The molecule has 20 heavy (non-hydrogen) atoms.